The van der Waals surface area contributed by atoms with Crippen molar-refractivity contribution in [1.82, 2.24) is 14.7 Å². The fraction of sp³-hybridized carbons (Fsp3) is 0.643. The zero-order valence-corrected chi connectivity index (χ0v) is 13.4. The minimum atomic E-state index is -0.603. The second kappa shape index (κ2) is 7.79. The summed E-state index contributed by atoms with van der Waals surface area (Å²) in [5.41, 5.74) is -0.400. The Bertz CT molecular complexity index is 507. The van der Waals surface area contributed by atoms with Gasteiger partial charge in [-0.05, 0) is 26.8 Å². The third-order valence-corrected chi connectivity index (χ3v) is 2.66. The fourth-order valence-electron chi connectivity index (χ4n) is 1.66. The van der Waals surface area contributed by atoms with Crippen molar-refractivity contribution in [2.24, 2.45) is 0 Å². The molecule has 8 heteroatoms. The third-order valence-electron chi connectivity index (χ3n) is 2.66. The van der Waals surface area contributed by atoms with Crippen LogP contribution >= 0.6 is 0 Å². The van der Waals surface area contributed by atoms with E-state index < -0.39 is 17.7 Å². The summed E-state index contributed by atoms with van der Waals surface area (Å²) in [6, 6.07) is 1.54. The molecule has 0 aromatic carbocycles. The van der Waals surface area contributed by atoms with Crippen LogP contribution in [0.4, 0.5) is 4.79 Å². The highest BCUT2D eigenvalue weighted by atomic mass is 16.6. The highest BCUT2D eigenvalue weighted by Crippen LogP contribution is 2.10. The number of amides is 1. The van der Waals surface area contributed by atoms with E-state index >= 15 is 0 Å². The Morgan fingerprint density at radius 1 is 1.36 bits per heavy atom. The van der Waals surface area contributed by atoms with Gasteiger partial charge in [0, 0.05) is 19.3 Å². The van der Waals surface area contributed by atoms with Crippen molar-refractivity contribution in [3.05, 3.63) is 18.0 Å². The van der Waals surface area contributed by atoms with E-state index in [4.69, 9.17) is 9.84 Å². The van der Waals surface area contributed by atoms with Crippen molar-refractivity contribution >= 4 is 12.1 Å². The molecule has 0 saturated carbocycles. The van der Waals surface area contributed by atoms with Crippen molar-refractivity contribution in [3.8, 4) is 0 Å². The average molecular weight is 313 g/mol. The topological polar surface area (TPSA) is 93.9 Å². The van der Waals surface area contributed by atoms with Gasteiger partial charge in [-0.2, -0.15) is 5.10 Å². The van der Waals surface area contributed by atoms with Crippen LogP contribution in [0.2, 0.25) is 0 Å². The van der Waals surface area contributed by atoms with E-state index in [1.807, 2.05) is 0 Å². The maximum atomic E-state index is 12.0. The number of carbonyl (C=O) groups excluding carboxylic acids is 2. The summed E-state index contributed by atoms with van der Waals surface area (Å²) in [7, 11) is 1.28. The van der Waals surface area contributed by atoms with Gasteiger partial charge in [-0.15, -0.1) is 0 Å². The molecule has 1 amide bonds. The SMILES string of the molecule is COC(=O)c1ccn(CCN(CCO)C(=O)OC(C)(C)C)n1. The number of esters is 1. The van der Waals surface area contributed by atoms with Gasteiger partial charge in [0.1, 0.15) is 5.60 Å². The van der Waals surface area contributed by atoms with Crippen LogP contribution in [0.15, 0.2) is 12.3 Å². The molecule has 1 rings (SSSR count). The maximum absolute atomic E-state index is 12.0. The van der Waals surface area contributed by atoms with Gasteiger partial charge in [0.25, 0.3) is 0 Å². The number of hydrogen-bond acceptors (Lipinski definition) is 6. The quantitative estimate of drug-likeness (QED) is 0.784. The Morgan fingerprint density at radius 2 is 2.05 bits per heavy atom. The number of ether oxygens (including phenoxy) is 2. The second-order valence-corrected chi connectivity index (χ2v) is 5.65. The molecule has 22 heavy (non-hydrogen) atoms. The minimum absolute atomic E-state index is 0.161. The number of aromatic nitrogens is 2. The van der Waals surface area contributed by atoms with Gasteiger partial charge in [-0.1, -0.05) is 0 Å². The second-order valence-electron chi connectivity index (χ2n) is 5.65. The first-order valence-electron chi connectivity index (χ1n) is 6.97. The number of rotatable bonds is 6. The molecular formula is C14H23N3O5. The predicted octanol–water partition coefficient (Wildman–Crippen LogP) is 0.899. The van der Waals surface area contributed by atoms with Crippen molar-refractivity contribution in [2.45, 2.75) is 32.9 Å². The number of methoxy groups -OCH3 is 1. The van der Waals surface area contributed by atoms with Crippen molar-refractivity contribution < 1.29 is 24.2 Å². The van der Waals surface area contributed by atoms with E-state index in [1.165, 1.54) is 22.8 Å². The van der Waals surface area contributed by atoms with E-state index in [0.717, 1.165) is 0 Å². The van der Waals surface area contributed by atoms with Crippen LogP contribution < -0.4 is 0 Å². The number of carbonyl (C=O) groups is 2. The molecule has 1 N–H and O–H groups in total. The summed E-state index contributed by atoms with van der Waals surface area (Å²) in [4.78, 5) is 24.7. The Hall–Kier alpha value is -2.09. The molecule has 8 nitrogen and oxygen atoms in total. The number of aliphatic hydroxyl groups is 1. The van der Waals surface area contributed by atoms with Crippen LogP contribution in [-0.4, -0.2) is 64.3 Å². The number of nitrogens with zero attached hydrogens (tertiary/aromatic N) is 3. The largest absolute Gasteiger partial charge is 0.464 e. The van der Waals surface area contributed by atoms with Gasteiger partial charge in [-0.3, -0.25) is 4.68 Å². The fourth-order valence-corrected chi connectivity index (χ4v) is 1.66. The molecule has 0 aliphatic carbocycles. The van der Waals surface area contributed by atoms with Crippen LogP contribution in [0.1, 0.15) is 31.3 Å². The van der Waals surface area contributed by atoms with E-state index in [2.05, 4.69) is 9.84 Å². The molecular weight excluding hydrogens is 290 g/mol. The van der Waals surface area contributed by atoms with E-state index in [1.54, 1.807) is 27.0 Å². The van der Waals surface area contributed by atoms with Gasteiger partial charge in [-0.25, -0.2) is 9.59 Å². The van der Waals surface area contributed by atoms with Crippen molar-refractivity contribution in [2.75, 3.05) is 26.8 Å². The molecule has 0 atom stereocenters. The summed E-state index contributed by atoms with van der Waals surface area (Å²) in [5.74, 6) is -0.516. The van der Waals surface area contributed by atoms with Crippen molar-refractivity contribution in [3.63, 3.8) is 0 Å². The molecule has 0 spiro atoms. The molecule has 0 unspecified atom stereocenters. The lowest BCUT2D eigenvalue weighted by Gasteiger charge is -2.26. The van der Waals surface area contributed by atoms with Crippen LogP contribution in [-0.2, 0) is 16.0 Å². The average Bonchev–Trinajstić information content (AvgIpc) is 2.89. The predicted molar refractivity (Wildman–Crippen MR) is 78.5 cm³/mol. The lowest BCUT2D eigenvalue weighted by molar-refractivity contribution is 0.0210. The molecule has 0 saturated heterocycles. The third kappa shape index (κ3) is 5.72. The first-order chi connectivity index (χ1) is 10.3. The maximum Gasteiger partial charge on any atom is 0.410 e. The molecule has 0 bridgehead atoms. The molecule has 0 fully saturated rings. The van der Waals surface area contributed by atoms with Gasteiger partial charge in [0.15, 0.2) is 5.69 Å². The summed E-state index contributed by atoms with van der Waals surface area (Å²) in [5, 5.41) is 13.1. The lowest BCUT2D eigenvalue weighted by Crippen LogP contribution is -2.40. The minimum Gasteiger partial charge on any atom is -0.464 e. The first-order valence-corrected chi connectivity index (χ1v) is 6.97. The number of hydrogen-bond donors (Lipinski definition) is 1. The van der Waals surface area contributed by atoms with Gasteiger partial charge >= 0.3 is 12.1 Å². The Kier molecular flexibility index (Phi) is 6.36. The van der Waals surface area contributed by atoms with Crippen LogP contribution in [0, 0.1) is 0 Å². The van der Waals surface area contributed by atoms with Crippen LogP contribution in [0.25, 0.3) is 0 Å². The summed E-state index contributed by atoms with van der Waals surface area (Å²) in [6.07, 6.45) is 1.13. The Morgan fingerprint density at radius 3 is 2.59 bits per heavy atom. The first kappa shape index (κ1) is 18.0. The van der Waals surface area contributed by atoms with E-state index in [9.17, 15) is 9.59 Å². The Labute approximate surface area is 129 Å². The highest BCUT2D eigenvalue weighted by molar-refractivity contribution is 5.86. The van der Waals surface area contributed by atoms with Crippen LogP contribution in [0.5, 0.6) is 0 Å². The normalized spacial score (nSPS) is 11.1. The Balaban J connectivity index is 2.62. The molecule has 0 aliphatic heterocycles. The van der Waals surface area contributed by atoms with E-state index in [0.29, 0.717) is 13.1 Å². The van der Waals surface area contributed by atoms with Crippen molar-refractivity contribution in [1.29, 1.82) is 0 Å². The van der Waals surface area contributed by atoms with E-state index in [-0.39, 0.29) is 18.8 Å². The molecule has 0 radical (unpaired) electrons. The molecule has 1 heterocycles. The summed E-state index contributed by atoms with van der Waals surface area (Å²) in [6.45, 7) is 6.01. The summed E-state index contributed by atoms with van der Waals surface area (Å²) < 4.78 is 11.4. The molecule has 1 aromatic rings. The number of aliphatic hydroxyl groups excluding tert-OH is 1. The molecule has 1 aromatic heterocycles. The smallest absolute Gasteiger partial charge is 0.410 e. The van der Waals surface area contributed by atoms with Crippen LogP contribution in [0.3, 0.4) is 0 Å². The highest BCUT2D eigenvalue weighted by Gasteiger charge is 2.21. The molecule has 124 valence electrons. The zero-order chi connectivity index (χ0) is 16.8. The van der Waals surface area contributed by atoms with Gasteiger partial charge in [0.2, 0.25) is 0 Å². The molecule has 0 aliphatic rings. The zero-order valence-electron chi connectivity index (χ0n) is 13.4. The van der Waals surface area contributed by atoms with Gasteiger partial charge < -0.3 is 19.5 Å². The monoisotopic (exact) mass is 313 g/mol. The standard InChI is InChI=1S/C14H23N3O5/c1-14(2,3)22-13(20)16(9-10-18)7-8-17-6-5-11(15-17)12(19)21-4/h5-6,18H,7-10H2,1-4H3. The van der Waals surface area contributed by atoms with Gasteiger partial charge in [0.05, 0.1) is 20.3 Å². The lowest BCUT2D eigenvalue weighted by atomic mass is 10.2. The summed E-state index contributed by atoms with van der Waals surface area (Å²) >= 11 is 0.